The van der Waals surface area contributed by atoms with Crippen LogP contribution < -0.4 is 10.6 Å². The van der Waals surface area contributed by atoms with Gasteiger partial charge < -0.3 is 15.4 Å². The van der Waals surface area contributed by atoms with E-state index in [1.165, 1.54) is 0 Å². The van der Waals surface area contributed by atoms with Crippen molar-refractivity contribution >= 4 is 11.6 Å². The summed E-state index contributed by atoms with van der Waals surface area (Å²) in [5, 5.41) is 6.36. The van der Waals surface area contributed by atoms with E-state index in [2.05, 4.69) is 10.6 Å². The second kappa shape index (κ2) is 4.37. The molecule has 0 saturated carbocycles. The Labute approximate surface area is 100 Å². The second-order valence-corrected chi connectivity index (χ2v) is 4.60. The number of amides is 1. The molecule has 0 spiro atoms. The van der Waals surface area contributed by atoms with Crippen molar-refractivity contribution in [2.75, 3.05) is 25.1 Å². The molecule has 2 aliphatic rings. The van der Waals surface area contributed by atoms with Crippen LogP contribution in [0, 0.1) is 0 Å². The highest BCUT2D eigenvalue weighted by atomic mass is 16.5. The Morgan fingerprint density at radius 3 is 2.94 bits per heavy atom. The number of nitrogens with one attached hydrogen (secondary N) is 2. The molecule has 1 atom stereocenters. The van der Waals surface area contributed by atoms with Crippen molar-refractivity contribution in [3.05, 3.63) is 29.8 Å². The van der Waals surface area contributed by atoms with Crippen molar-refractivity contribution < 1.29 is 9.53 Å². The summed E-state index contributed by atoms with van der Waals surface area (Å²) in [7, 11) is 0. The van der Waals surface area contributed by atoms with Gasteiger partial charge in [-0.15, -0.1) is 0 Å². The molecule has 2 aliphatic heterocycles. The molecule has 1 saturated heterocycles. The van der Waals surface area contributed by atoms with Crippen LogP contribution in [0.3, 0.4) is 0 Å². The van der Waals surface area contributed by atoms with E-state index in [9.17, 15) is 4.79 Å². The van der Waals surface area contributed by atoms with Crippen molar-refractivity contribution in [3.8, 4) is 0 Å². The number of carbonyl (C=O) groups excluding carboxylic acids is 1. The molecule has 2 N–H and O–H groups in total. The first kappa shape index (κ1) is 10.6. The first-order valence-corrected chi connectivity index (χ1v) is 6.05. The van der Waals surface area contributed by atoms with Crippen LogP contribution in [0.2, 0.25) is 0 Å². The highest BCUT2D eigenvalue weighted by Gasteiger charge is 2.29. The molecule has 4 nitrogen and oxygen atoms in total. The Morgan fingerprint density at radius 2 is 2.18 bits per heavy atom. The van der Waals surface area contributed by atoms with E-state index in [0.717, 1.165) is 24.2 Å². The largest absolute Gasteiger partial charge is 0.385 e. The fourth-order valence-electron chi connectivity index (χ4n) is 2.36. The average Bonchev–Trinajstić information content (AvgIpc) is 2.33. The summed E-state index contributed by atoms with van der Waals surface area (Å²) in [5.74, 6) is 0.111. The highest BCUT2D eigenvalue weighted by molar-refractivity contribution is 5.86. The molecule has 0 bridgehead atoms. The van der Waals surface area contributed by atoms with Gasteiger partial charge in [-0.1, -0.05) is 18.2 Å². The maximum Gasteiger partial charge on any atom is 0.228 e. The van der Waals surface area contributed by atoms with Crippen LogP contribution in [0.4, 0.5) is 5.69 Å². The zero-order valence-corrected chi connectivity index (χ0v) is 9.61. The lowest BCUT2D eigenvalue weighted by Crippen LogP contribution is -2.50. The van der Waals surface area contributed by atoms with Gasteiger partial charge in [0.25, 0.3) is 0 Å². The minimum Gasteiger partial charge on any atom is -0.385 e. The van der Waals surface area contributed by atoms with Gasteiger partial charge in [0, 0.05) is 12.2 Å². The Bertz CT molecular complexity index is 429. The molecule has 0 radical (unpaired) electrons. The fourth-order valence-corrected chi connectivity index (χ4v) is 2.36. The van der Waals surface area contributed by atoms with Crippen molar-refractivity contribution in [1.29, 1.82) is 0 Å². The van der Waals surface area contributed by atoms with E-state index in [-0.39, 0.29) is 17.9 Å². The molecule has 1 aromatic carbocycles. The summed E-state index contributed by atoms with van der Waals surface area (Å²) in [6.45, 7) is 2.16. The maximum atomic E-state index is 12.2. The zero-order chi connectivity index (χ0) is 11.7. The number of benzene rings is 1. The molecule has 17 heavy (non-hydrogen) atoms. The normalized spacial score (nSPS) is 23.2. The number of hydrogen-bond donors (Lipinski definition) is 2. The molecule has 3 rings (SSSR count). The number of hydrogen-bond acceptors (Lipinski definition) is 3. The third-order valence-corrected chi connectivity index (χ3v) is 3.39. The van der Waals surface area contributed by atoms with Gasteiger partial charge in [0.05, 0.1) is 25.2 Å². The third-order valence-electron chi connectivity index (χ3n) is 3.39. The molecule has 2 heterocycles. The standard InChI is InChI=1S/C13H16N2O2/c16-13(15-9-7-17-8-9)11-5-6-14-12-4-2-1-3-10(11)12/h1-4,9,11,14H,5-8H2,(H,15,16). The zero-order valence-electron chi connectivity index (χ0n) is 9.61. The Kier molecular flexibility index (Phi) is 2.73. The molecule has 0 aliphatic carbocycles. The van der Waals surface area contributed by atoms with Gasteiger partial charge in [0.2, 0.25) is 5.91 Å². The Hall–Kier alpha value is -1.55. The topological polar surface area (TPSA) is 50.4 Å². The minimum atomic E-state index is -0.0203. The lowest BCUT2D eigenvalue weighted by Gasteiger charge is -2.31. The molecular formula is C13H16N2O2. The van der Waals surface area contributed by atoms with Gasteiger partial charge >= 0.3 is 0 Å². The average molecular weight is 232 g/mol. The Morgan fingerprint density at radius 1 is 1.35 bits per heavy atom. The van der Waals surface area contributed by atoms with Crippen molar-refractivity contribution in [2.45, 2.75) is 18.4 Å². The fraction of sp³-hybridized carbons (Fsp3) is 0.462. The molecule has 1 aromatic rings. The number of ether oxygens (including phenoxy) is 1. The minimum absolute atomic E-state index is 0.0203. The maximum absolute atomic E-state index is 12.2. The predicted octanol–water partition coefficient (Wildman–Crippen LogP) is 1.10. The van der Waals surface area contributed by atoms with Crippen LogP contribution in [0.25, 0.3) is 0 Å². The first-order valence-electron chi connectivity index (χ1n) is 6.05. The van der Waals surface area contributed by atoms with Crippen LogP contribution in [0.5, 0.6) is 0 Å². The summed E-state index contributed by atoms with van der Waals surface area (Å²) in [4.78, 5) is 12.2. The number of para-hydroxylation sites is 1. The number of rotatable bonds is 2. The lowest BCUT2D eigenvalue weighted by atomic mass is 9.90. The summed E-state index contributed by atoms with van der Waals surface area (Å²) in [6.07, 6.45) is 0.858. The van der Waals surface area contributed by atoms with Crippen LogP contribution in [0.1, 0.15) is 17.9 Å². The van der Waals surface area contributed by atoms with Crippen LogP contribution >= 0.6 is 0 Å². The van der Waals surface area contributed by atoms with Gasteiger partial charge in [0.15, 0.2) is 0 Å². The molecule has 1 amide bonds. The van der Waals surface area contributed by atoms with Crippen molar-refractivity contribution in [3.63, 3.8) is 0 Å². The predicted molar refractivity (Wildman–Crippen MR) is 65.0 cm³/mol. The van der Waals surface area contributed by atoms with E-state index in [1.54, 1.807) is 0 Å². The molecule has 1 unspecified atom stereocenters. The Balaban J connectivity index is 1.77. The third kappa shape index (κ3) is 2.00. The molecule has 1 fully saturated rings. The smallest absolute Gasteiger partial charge is 0.228 e. The number of fused-ring (bicyclic) bond motifs is 1. The van der Waals surface area contributed by atoms with Crippen LogP contribution in [-0.2, 0) is 9.53 Å². The quantitative estimate of drug-likeness (QED) is 0.803. The van der Waals surface area contributed by atoms with E-state index in [1.807, 2.05) is 24.3 Å². The molecule has 0 aromatic heterocycles. The highest BCUT2D eigenvalue weighted by Crippen LogP contribution is 2.31. The molecule has 4 heteroatoms. The summed E-state index contributed by atoms with van der Waals surface area (Å²) in [5.41, 5.74) is 2.19. The van der Waals surface area contributed by atoms with Crippen molar-refractivity contribution in [2.24, 2.45) is 0 Å². The van der Waals surface area contributed by atoms with Crippen molar-refractivity contribution in [1.82, 2.24) is 5.32 Å². The molecule has 90 valence electrons. The summed E-state index contributed by atoms with van der Waals surface area (Å²) >= 11 is 0. The van der Waals surface area contributed by atoms with E-state index in [0.29, 0.717) is 13.2 Å². The van der Waals surface area contributed by atoms with Gasteiger partial charge in [-0.3, -0.25) is 4.79 Å². The number of carbonyl (C=O) groups is 1. The van der Waals surface area contributed by atoms with Gasteiger partial charge in [0.1, 0.15) is 0 Å². The van der Waals surface area contributed by atoms with E-state index in [4.69, 9.17) is 4.74 Å². The van der Waals surface area contributed by atoms with Gasteiger partial charge in [-0.2, -0.15) is 0 Å². The van der Waals surface area contributed by atoms with E-state index < -0.39 is 0 Å². The first-order chi connectivity index (χ1) is 8.34. The van der Waals surface area contributed by atoms with E-state index >= 15 is 0 Å². The summed E-state index contributed by atoms with van der Waals surface area (Å²) < 4.78 is 5.07. The van der Waals surface area contributed by atoms with Crippen LogP contribution in [-0.4, -0.2) is 31.7 Å². The van der Waals surface area contributed by atoms with Gasteiger partial charge in [-0.25, -0.2) is 0 Å². The monoisotopic (exact) mass is 232 g/mol. The SMILES string of the molecule is O=C(NC1COC1)C1CCNc2ccccc21. The number of anilines is 1. The van der Waals surface area contributed by atoms with Gasteiger partial charge in [-0.05, 0) is 18.1 Å². The second-order valence-electron chi connectivity index (χ2n) is 4.60. The lowest BCUT2D eigenvalue weighted by molar-refractivity contribution is -0.126. The molecular weight excluding hydrogens is 216 g/mol. The summed E-state index contributed by atoms with van der Waals surface area (Å²) in [6, 6.07) is 8.25. The van der Waals surface area contributed by atoms with Crippen LogP contribution in [0.15, 0.2) is 24.3 Å².